The first kappa shape index (κ1) is 15.0. The molecule has 1 aliphatic heterocycles. The van der Waals surface area contributed by atoms with Crippen LogP contribution in [0.5, 0.6) is 0 Å². The summed E-state index contributed by atoms with van der Waals surface area (Å²) in [5, 5.41) is 3.42. The fraction of sp³-hybridized carbons (Fsp3) is 0.533. The van der Waals surface area contributed by atoms with E-state index in [1.54, 1.807) is 6.07 Å². The van der Waals surface area contributed by atoms with Crippen molar-refractivity contribution in [3.63, 3.8) is 0 Å². The summed E-state index contributed by atoms with van der Waals surface area (Å²) in [7, 11) is 2.17. The molecular weight excluding hydrogens is 252 g/mol. The van der Waals surface area contributed by atoms with Gasteiger partial charge in [0.25, 0.3) is 0 Å². The Hall–Kier alpha value is -1.43. The molecule has 1 aliphatic rings. The van der Waals surface area contributed by atoms with Gasteiger partial charge in [-0.25, -0.2) is 0 Å². The van der Waals surface area contributed by atoms with E-state index < -0.39 is 0 Å². The predicted octanol–water partition coefficient (Wildman–Crippen LogP) is 0.123. The molecule has 0 spiro atoms. The molecule has 0 atom stereocenters. The highest BCUT2D eigenvalue weighted by molar-refractivity contribution is 5.92. The maximum atomic E-state index is 11.1. The second kappa shape index (κ2) is 7.38. The molecule has 2 rings (SSSR count). The molecule has 1 amide bonds. The number of likely N-dealkylation sites (N-methyl/N-ethyl adjacent to an activating group) is 1. The lowest BCUT2D eigenvalue weighted by molar-refractivity contribution is 0.1000. The van der Waals surface area contributed by atoms with Crippen molar-refractivity contribution in [2.24, 2.45) is 5.73 Å². The number of carbonyl (C=O) groups excluding carboxylic acids is 1. The van der Waals surface area contributed by atoms with Gasteiger partial charge in [0.15, 0.2) is 0 Å². The van der Waals surface area contributed by atoms with Crippen LogP contribution in [0.4, 0.5) is 0 Å². The van der Waals surface area contributed by atoms with E-state index in [2.05, 4.69) is 22.2 Å². The molecule has 0 aromatic heterocycles. The van der Waals surface area contributed by atoms with Gasteiger partial charge < -0.3 is 16.0 Å². The van der Waals surface area contributed by atoms with Crippen LogP contribution in [0.15, 0.2) is 24.3 Å². The first-order chi connectivity index (χ1) is 9.65. The third-order valence-electron chi connectivity index (χ3n) is 3.74. The molecule has 5 nitrogen and oxygen atoms in total. The van der Waals surface area contributed by atoms with Crippen molar-refractivity contribution >= 4 is 5.91 Å². The fourth-order valence-electron chi connectivity index (χ4n) is 2.38. The molecule has 0 unspecified atom stereocenters. The standard InChI is InChI=1S/C15H24N4O/c1-18-7-9-19(10-8-18)6-5-17-12-13-3-2-4-14(11-13)15(16)20/h2-4,11,17H,5-10,12H2,1H3,(H2,16,20). The van der Waals surface area contributed by atoms with Crippen LogP contribution >= 0.6 is 0 Å². The van der Waals surface area contributed by atoms with Gasteiger partial charge in [-0.2, -0.15) is 0 Å². The Balaban J connectivity index is 1.68. The van der Waals surface area contributed by atoms with E-state index in [0.29, 0.717) is 5.56 Å². The number of primary amides is 1. The van der Waals surface area contributed by atoms with E-state index in [0.717, 1.165) is 51.4 Å². The molecule has 1 heterocycles. The molecule has 1 saturated heterocycles. The third kappa shape index (κ3) is 4.59. The Bertz CT molecular complexity index is 441. The van der Waals surface area contributed by atoms with Gasteiger partial charge >= 0.3 is 0 Å². The first-order valence-electron chi connectivity index (χ1n) is 7.15. The number of hydrogen-bond acceptors (Lipinski definition) is 4. The van der Waals surface area contributed by atoms with Gasteiger partial charge in [-0.05, 0) is 24.7 Å². The molecule has 0 saturated carbocycles. The average molecular weight is 276 g/mol. The van der Waals surface area contributed by atoms with Crippen molar-refractivity contribution in [3.05, 3.63) is 35.4 Å². The van der Waals surface area contributed by atoms with Gasteiger partial charge in [0, 0.05) is 51.4 Å². The maximum Gasteiger partial charge on any atom is 0.248 e. The van der Waals surface area contributed by atoms with Crippen molar-refractivity contribution in [1.82, 2.24) is 15.1 Å². The molecule has 20 heavy (non-hydrogen) atoms. The molecule has 3 N–H and O–H groups in total. The molecule has 1 fully saturated rings. The van der Waals surface area contributed by atoms with E-state index in [1.807, 2.05) is 18.2 Å². The maximum absolute atomic E-state index is 11.1. The highest BCUT2D eigenvalue weighted by atomic mass is 16.1. The predicted molar refractivity (Wildman–Crippen MR) is 80.6 cm³/mol. The zero-order valence-electron chi connectivity index (χ0n) is 12.1. The van der Waals surface area contributed by atoms with Gasteiger partial charge in [0.05, 0.1) is 0 Å². The van der Waals surface area contributed by atoms with Crippen LogP contribution < -0.4 is 11.1 Å². The Morgan fingerprint density at radius 3 is 2.75 bits per heavy atom. The summed E-state index contributed by atoms with van der Waals surface area (Å²) in [6.07, 6.45) is 0. The summed E-state index contributed by atoms with van der Waals surface area (Å²) in [6, 6.07) is 7.48. The van der Waals surface area contributed by atoms with Gasteiger partial charge in [-0.1, -0.05) is 12.1 Å². The number of rotatable bonds is 6. The van der Waals surface area contributed by atoms with Crippen LogP contribution in [0.25, 0.3) is 0 Å². The molecule has 1 aromatic rings. The van der Waals surface area contributed by atoms with E-state index in [4.69, 9.17) is 5.73 Å². The van der Waals surface area contributed by atoms with Crippen molar-refractivity contribution in [3.8, 4) is 0 Å². The van der Waals surface area contributed by atoms with Crippen LogP contribution in [0, 0.1) is 0 Å². The van der Waals surface area contributed by atoms with Gasteiger partial charge in [0.2, 0.25) is 5.91 Å². The van der Waals surface area contributed by atoms with Crippen LogP contribution in [0.3, 0.4) is 0 Å². The summed E-state index contributed by atoms with van der Waals surface area (Å²) in [5.74, 6) is -0.371. The van der Waals surface area contributed by atoms with E-state index >= 15 is 0 Å². The topological polar surface area (TPSA) is 61.6 Å². The van der Waals surface area contributed by atoms with Crippen LogP contribution in [-0.2, 0) is 6.54 Å². The molecular formula is C15H24N4O. The summed E-state index contributed by atoms with van der Waals surface area (Å²) in [4.78, 5) is 15.9. The van der Waals surface area contributed by atoms with Crippen molar-refractivity contribution in [2.75, 3.05) is 46.3 Å². The first-order valence-corrected chi connectivity index (χ1v) is 7.15. The Morgan fingerprint density at radius 1 is 1.30 bits per heavy atom. The van der Waals surface area contributed by atoms with Gasteiger partial charge in [-0.15, -0.1) is 0 Å². The van der Waals surface area contributed by atoms with Crippen molar-refractivity contribution < 1.29 is 4.79 Å². The Labute approximate surface area is 120 Å². The van der Waals surface area contributed by atoms with Gasteiger partial charge in [0.1, 0.15) is 0 Å². The minimum atomic E-state index is -0.371. The Morgan fingerprint density at radius 2 is 2.05 bits per heavy atom. The number of hydrogen-bond donors (Lipinski definition) is 2. The lowest BCUT2D eigenvalue weighted by atomic mass is 10.1. The molecule has 1 aromatic carbocycles. The monoisotopic (exact) mass is 276 g/mol. The van der Waals surface area contributed by atoms with Gasteiger partial charge in [-0.3, -0.25) is 9.69 Å². The van der Waals surface area contributed by atoms with Crippen molar-refractivity contribution in [1.29, 1.82) is 0 Å². The number of nitrogens with zero attached hydrogens (tertiary/aromatic N) is 2. The summed E-state index contributed by atoms with van der Waals surface area (Å²) in [5.41, 5.74) is 6.95. The second-order valence-electron chi connectivity index (χ2n) is 5.39. The normalized spacial score (nSPS) is 17.2. The second-order valence-corrected chi connectivity index (χ2v) is 5.39. The van der Waals surface area contributed by atoms with E-state index in [9.17, 15) is 4.79 Å². The number of piperazine rings is 1. The van der Waals surface area contributed by atoms with Crippen molar-refractivity contribution in [2.45, 2.75) is 6.54 Å². The quantitative estimate of drug-likeness (QED) is 0.725. The van der Waals surface area contributed by atoms with E-state index in [1.165, 1.54) is 0 Å². The lowest BCUT2D eigenvalue weighted by Crippen LogP contribution is -2.46. The Kier molecular flexibility index (Phi) is 5.52. The van der Waals surface area contributed by atoms with Crippen LogP contribution in [0.1, 0.15) is 15.9 Å². The number of amides is 1. The minimum Gasteiger partial charge on any atom is -0.366 e. The smallest absolute Gasteiger partial charge is 0.248 e. The zero-order chi connectivity index (χ0) is 14.4. The highest BCUT2D eigenvalue weighted by Crippen LogP contribution is 2.04. The summed E-state index contributed by atoms with van der Waals surface area (Å²) < 4.78 is 0. The minimum absolute atomic E-state index is 0.371. The molecule has 110 valence electrons. The third-order valence-corrected chi connectivity index (χ3v) is 3.74. The highest BCUT2D eigenvalue weighted by Gasteiger charge is 2.12. The average Bonchev–Trinajstić information content (AvgIpc) is 2.46. The summed E-state index contributed by atoms with van der Waals surface area (Å²) in [6.45, 7) is 7.41. The molecule has 0 aliphatic carbocycles. The fourth-order valence-corrected chi connectivity index (χ4v) is 2.38. The molecule has 0 radical (unpaired) electrons. The number of nitrogens with one attached hydrogen (secondary N) is 1. The van der Waals surface area contributed by atoms with E-state index in [-0.39, 0.29) is 5.91 Å². The number of benzene rings is 1. The SMILES string of the molecule is CN1CCN(CCNCc2cccc(C(N)=O)c2)CC1. The lowest BCUT2D eigenvalue weighted by Gasteiger charge is -2.32. The van der Waals surface area contributed by atoms with Crippen LogP contribution in [-0.4, -0.2) is 62.0 Å². The molecule has 0 bridgehead atoms. The number of nitrogens with two attached hydrogens (primary N) is 1. The number of carbonyl (C=O) groups is 1. The largest absolute Gasteiger partial charge is 0.366 e. The zero-order valence-corrected chi connectivity index (χ0v) is 12.1. The summed E-state index contributed by atoms with van der Waals surface area (Å²) >= 11 is 0. The molecule has 5 heteroatoms. The van der Waals surface area contributed by atoms with Crippen LogP contribution in [0.2, 0.25) is 0 Å².